The summed E-state index contributed by atoms with van der Waals surface area (Å²) in [5, 5.41) is 12.5. The first kappa shape index (κ1) is 14.8. The van der Waals surface area contributed by atoms with Gasteiger partial charge >= 0.3 is 0 Å². The zero-order valence-electron chi connectivity index (χ0n) is 14.2. The van der Waals surface area contributed by atoms with Gasteiger partial charge in [0.2, 0.25) is 0 Å². The number of nitrogens with zero attached hydrogens (tertiary/aromatic N) is 5. The summed E-state index contributed by atoms with van der Waals surface area (Å²) < 4.78 is 1.65. The summed E-state index contributed by atoms with van der Waals surface area (Å²) in [6.45, 7) is 2.54. The van der Waals surface area contributed by atoms with E-state index in [1.54, 1.807) is 10.9 Å². The average molecular weight is 339 g/mol. The third-order valence-electron chi connectivity index (χ3n) is 5.33. The summed E-state index contributed by atoms with van der Waals surface area (Å²) in [7, 11) is 1.81. The lowest BCUT2D eigenvalue weighted by atomic mass is 10.1. The fraction of sp³-hybridized carbons (Fsp3) is 0.529. The third kappa shape index (κ3) is 2.57. The molecule has 0 bridgehead atoms. The minimum absolute atomic E-state index is 0.117. The van der Waals surface area contributed by atoms with E-state index in [1.807, 2.05) is 7.05 Å². The molecule has 1 saturated carbocycles. The quantitative estimate of drug-likeness (QED) is 0.738. The summed E-state index contributed by atoms with van der Waals surface area (Å²) in [5.74, 6) is 1.38. The summed E-state index contributed by atoms with van der Waals surface area (Å²) in [6.07, 6.45) is 6.09. The van der Waals surface area contributed by atoms with Gasteiger partial charge in [0, 0.05) is 38.2 Å². The second-order valence-electron chi connectivity index (χ2n) is 7.13. The Morgan fingerprint density at radius 1 is 1.28 bits per heavy atom. The van der Waals surface area contributed by atoms with Crippen molar-refractivity contribution in [2.75, 3.05) is 13.1 Å². The van der Waals surface area contributed by atoms with E-state index in [1.165, 1.54) is 29.8 Å². The number of hydrogen-bond acceptors (Lipinski definition) is 5. The predicted octanol–water partition coefficient (Wildman–Crippen LogP) is 0.858. The Kier molecular flexibility index (Phi) is 3.27. The number of rotatable bonds is 3. The minimum Gasteiger partial charge on any atom is -0.309 e. The highest BCUT2D eigenvalue weighted by atomic mass is 16.1. The van der Waals surface area contributed by atoms with Crippen molar-refractivity contribution in [1.82, 2.24) is 34.8 Å². The molecule has 5 rings (SSSR count). The molecule has 0 spiro atoms. The average Bonchev–Trinajstić information content (AvgIpc) is 3.31. The highest BCUT2D eigenvalue weighted by Crippen LogP contribution is 2.41. The van der Waals surface area contributed by atoms with E-state index in [4.69, 9.17) is 0 Å². The second-order valence-corrected chi connectivity index (χ2v) is 7.13. The van der Waals surface area contributed by atoms with Gasteiger partial charge < -0.3 is 4.98 Å². The van der Waals surface area contributed by atoms with Crippen LogP contribution in [0.15, 0.2) is 11.0 Å². The van der Waals surface area contributed by atoms with Crippen molar-refractivity contribution in [2.45, 2.75) is 38.1 Å². The zero-order chi connectivity index (χ0) is 17.0. The van der Waals surface area contributed by atoms with Crippen LogP contribution in [0.1, 0.15) is 41.5 Å². The number of hydrogen-bond donors (Lipinski definition) is 2. The number of nitrogens with one attached hydrogen (secondary N) is 2. The molecule has 0 atom stereocenters. The molecule has 0 unspecified atom stereocenters. The fourth-order valence-corrected chi connectivity index (χ4v) is 3.77. The van der Waals surface area contributed by atoms with Crippen LogP contribution in [0.2, 0.25) is 0 Å². The molecule has 130 valence electrons. The largest absolute Gasteiger partial charge is 0.309 e. The van der Waals surface area contributed by atoms with Crippen LogP contribution in [0.4, 0.5) is 0 Å². The molecule has 2 aliphatic rings. The topological polar surface area (TPSA) is 95.5 Å². The number of aryl methyl sites for hydroxylation is 1. The summed E-state index contributed by atoms with van der Waals surface area (Å²) in [4.78, 5) is 22.1. The highest BCUT2D eigenvalue weighted by molar-refractivity contribution is 5.72. The standard InChI is InChI=1S/C17H21N7O/c1-23-16-12(8-18-23)17(25)20-14(19-16)9-24-6-4-11-13(5-7-24)21-22-15(11)10-2-3-10/h8,10H,2-7,9H2,1H3,(H,21,22)(H,19,20,25). The molecule has 3 aromatic rings. The van der Waals surface area contributed by atoms with Gasteiger partial charge in [-0.25, -0.2) is 4.98 Å². The monoisotopic (exact) mass is 339 g/mol. The molecule has 2 N–H and O–H groups in total. The summed E-state index contributed by atoms with van der Waals surface area (Å²) >= 11 is 0. The number of fused-ring (bicyclic) bond motifs is 2. The van der Waals surface area contributed by atoms with Gasteiger partial charge in [0.15, 0.2) is 5.65 Å². The first-order valence-electron chi connectivity index (χ1n) is 8.88. The smallest absolute Gasteiger partial charge is 0.262 e. The predicted molar refractivity (Wildman–Crippen MR) is 92.4 cm³/mol. The molecule has 0 saturated heterocycles. The molecule has 8 heteroatoms. The maximum absolute atomic E-state index is 12.2. The van der Waals surface area contributed by atoms with Crippen LogP contribution in [-0.2, 0) is 26.4 Å². The van der Waals surface area contributed by atoms with E-state index in [-0.39, 0.29) is 5.56 Å². The Bertz CT molecular complexity index is 994. The van der Waals surface area contributed by atoms with Crippen molar-refractivity contribution < 1.29 is 0 Å². The minimum atomic E-state index is -0.117. The van der Waals surface area contributed by atoms with Gasteiger partial charge in [0.1, 0.15) is 11.2 Å². The normalized spacial score (nSPS) is 18.4. The number of aromatic amines is 2. The first-order chi connectivity index (χ1) is 12.2. The van der Waals surface area contributed by atoms with Crippen LogP contribution in [0, 0.1) is 0 Å². The van der Waals surface area contributed by atoms with E-state index in [9.17, 15) is 4.79 Å². The lowest BCUT2D eigenvalue weighted by Crippen LogP contribution is -2.28. The van der Waals surface area contributed by atoms with E-state index in [2.05, 4.69) is 30.2 Å². The molecular formula is C17H21N7O. The van der Waals surface area contributed by atoms with Crippen molar-refractivity contribution in [2.24, 2.45) is 7.05 Å². The van der Waals surface area contributed by atoms with Crippen molar-refractivity contribution in [3.63, 3.8) is 0 Å². The Labute approximate surface area is 144 Å². The zero-order valence-corrected chi connectivity index (χ0v) is 14.2. The Balaban J connectivity index is 1.37. The van der Waals surface area contributed by atoms with Gasteiger partial charge in [-0.15, -0.1) is 0 Å². The molecule has 3 aromatic heterocycles. The molecule has 25 heavy (non-hydrogen) atoms. The van der Waals surface area contributed by atoms with Gasteiger partial charge in [-0.2, -0.15) is 10.2 Å². The highest BCUT2D eigenvalue weighted by Gasteiger charge is 2.31. The van der Waals surface area contributed by atoms with Gasteiger partial charge in [0.25, 0.3) is 5.56 Å². The molecule has 1 aliphatic heterocycles. The molecule has 0 radical (unpaired) electrons. The van der Waals surface area contributed by atoms with Crippen LogP contribution in [0.25, 0.3) is 11.0 Å². The van der Waals surface area contributed by atoms with Gasteiger partial charge in [0.05, 0.1) is 18.4 Å². The Morgan fingerprint density at radius 3 is 2.96 bits per heavy atom. The SMILES string of the molecule is Cn1ncc2c(=O)[nH]c(CN3CCc4[nH]nc(C5CC5)c4CC3)nc21. The van der Waals surface area contributed by atoms with E-state index < -0.39 is 0 Å². The molecule has 4 heterocycles. The summed E-state index contributed by atoms with van der Waals surface area (Å²) in [5.41, 5.74) is 4.52. The maximum Gasteiger partial charge on any atom is 0.262 e. The molecular weight excluding hydrogens is 318 g/mol. The molecule has 0 aromatic carbocycles. The Morgan fingerprint density at radius 2 is 2.12 bits per heavy atom. The van der Waals surface area contributed by atoms with E-state index in [0.29, 0.717) is 29.3 Å². The number of H-pyrrole nitrogens is 2. The van der Waals surface area contributed by atoms with Crippen molar-refractivity contribution in [1.29, 1.82) is 0 Å². The molecule has 8 nitrogen and oxygen atoms in total. The van der Waals surface area contributed by atoms with Gasteiger partial charge in [-0.3, -0.25) is 19.5 Å². The molecule has 1 fully saturated rings. The maximum atomic E-state index is 12.2. The van der Waals surface area contributed by atoms with Crippen molar-refractivity contribution >= 4 is 11.0 Å². The van der Waals surface area contributed by atoms with Crippen LogP contribution in [-0.4, -0.2) is 47.9 Å². The van der Waals surface area contributed by atoms with Gasteiger partial charge in [-0.05, 0) is 24.8 Å². The lowest BCUT2D eigenvalue weighted by Gasteiger charge is -2.19. The summed E-state index contributed by atoms with van der Waals surface area (Å²) in [6, 6.07) is 0. The molecule has 0 amide bonds. The lowest BCUT2D eigenvalue weighted by molar-refractivity contribution is 0.271. The Hall–Kier alpha value is -2.48. The van der Waals surface area contributed by atoms with Gasteiger partial charge in [-0.1, -0.05) is 0 Å². The molecule has 1 aliphatic carbocycles. The fourth-order valence-electron chi connectivity index (χ4n) is 3.77. The van der Waals surface area contributed by atoms with Crippen LogP contribution >= 0.6 is 0 Å². The third-order valence-corrected chi connectivity index (χ3v) is 5.33. The second kappa shape index (κ2) is 5.52. The first-order valence-corrected chi connectivity index (χ1v) is 8.88. The van der Waals surface area contributed by atoms with Crippen molar-refractivity contribution in [3.8, 4) is 0 Å². The van der Waals surface area contributed by atoms with E-state index >= 15 is 0 Å². The van der Waals surface area contributed by atoms with Crippen LogP contribution in [0.3, 0.4) is 0 Å². The van der Waals surface area contributed by atoms with Crippen LogP contribution in [0.5, 0.6) is 0 Å². The van der Waals surface area contributed by atoms with Crippen LogP contribution < -0.4 is 5.56 Å². The van der Waals surface area contributed by atoms with E-state index in [0.717, 1.165) is 25.9 Å². The number of aromatic nitrogens is 6. The van der Waals surface area contributed by atoms with Crippen molar-refractivity contribution in [3.05, 3.63) is 39.3 Å².